The smallest absolute Gasteiger partial charge is 0.328 e. The lowest BCUT2D eigenvalue weighted by atomic mass is 10.0. The Morgan fingerprint density at radius 2 is 1.24 bits per heavy atom. The van der Waals surface area contributed by atoms with Gasteiger partial charge in [-0.15, -0.1) is 22.7 Å². The van der Waals surface area contributed by atoms with Crippen molar-refractivity contribution in [3.8, 4) is 32.4 Å². The number of rotatable bonds is 14. The van der Waals surface area contributed by atoms with Gasteiger partial charge in [-0.05, 0) is 112 Å². The van der Waals surface area contributed by atoms with Crippen LogP contribution in [0.4, 0.5) is 0 Å². The van der Waals surface area contributed by atoms with E-state index in [9.17, 15) is 19.2 Å². The summed E-state index contributed by atoms with van der Waals surface area (Å²) in [6, 6.07) is 15.5. The van der Waals surface area contributed by atoms with Crippen molar-refractivity contribution in [3.05, 3.63) is 128 Å². The molecule has 2 aromatic carbocycles. The number of carboxylic acid groups (broad SMARTS) is 1. The molecule has 63 heavy (non-hydrogen) atoms. The van der Waals surface area contributed by atoms with Gasteiger partial charge in [-0.3, -0.25) is 23.7 Å². The minimum absolute atomic E-state index is 0.00821. The van der Waals surface area contributed by atoms with Crippen LogP contribution in [0.5, 0.6) is 11.5 Å². The molecule has 0 spiro atoms. The molecule has 0 bridgehead atoms. The number of thiophene rings is 2. The van der Waals surface area contributed by atoms with E-state index in [0.717, 1.165) is 84.2 Å². The Morgan fingerprint density at radius 1 is 0.762 bits per heavy atom. The van der Waals surface area contributed by atoms with Crippen molar-refractivity contribution >= 4 is 81.3 Å². The van der Waals surface area contributed by atoms with E-state index < -0.39 is 5.97 Å². The molecule has 0 saturated carbocycles. The van der Waals surface area contributed by atoms with Crippen molar-refractivity contribution in [2.75, 3.05) is 6.54 Å². The van der Waals surface area contributed by atoms with Gasteiger partial charge in [-0.25, -0.2) is 4.79 Å². The maximum Gasteiger partial charge on any atom is 0.328 e. The number of nitrogens with zero attached hydrogens (tertiary/aromatic N) is 4. The van der Waals surface area contributed by atoms with Crippen LogP contribution in [0, 0.1) is 0 Å². The number of ether oxygens (including phenoxy) is 2. The van der Waals surface area contributed by atoms with E-state index in [4.69, 9.17) is 43.5 Å². The van der Waals surface area contributed by atoms with Crippen LogP contribution in [-0.4, -0.2) is 66.7 Å². The number of benzene rings is 2. The van der Waals surface area contributed by atoms with Crippen molar-refractivity contribution < 1.29 is 33.8 Å². The molecule has 0 radical (unpaired) electrons. The van der Waals surface area contributed by atoms with Gasteiger partial charge in [-0.1, -0.05) is 23.2 Å². The number of Topliss-reactive ketones (excluding diaryl/α,β-unsaturated/α-hetero) is 2. The highest BCUT2D eigenvalue weighted by Crippen LogP contribution is 2.43. The first kappa shape index (κ1) is 46.9. The molecule has 16 heteroatoms. The summed E-state index contributed by atoms with van der Waals surface area (Å²) in [6.45, 7) is 9.20. The van der Waals surface area contributed by atoms with E-state index in [2.05, 4.69) is 22.3 Å². The summed E-state index contributed by atoms with van der Waals surface area (Å²) in [4.78, 5) is 48.9. The van der Waals surface area contributed by atoms with E-state index in [-0.39, 0.29) is 29.6 Å². The molecule has 328 valence electrons. The molecule has 2 atom stereocenters. The predicted molar refractivity (Wildman–Crippen MR) is 251 cm³/mol. The minimum Gasteiger partial charge on any atom is -0.488 e. The lowest BCUT2D eigenvalue weighted by molar-refractivity contribution is -0.131. The van der Waals surface area contributed by atoms with Gasteiger partial charge >= 0.3 is 5.97 Å². The number of aryl methyl sites for hydroxylation is 2. The van der Waals surface area contributed by atoms with E-state index in [0.29, 0.717) is 41.6 Å². The molecule has 8 rings (SSSR count). The van der Waals surface area contributed by atoms with Crippen LogP contribution in [-0.2, 0) is 35.5 Å². The van der Waals surface area contributed by atoms with Crippen LogP contribution in [0.15, 0.2) is 85.5 Å². The zero-order valence-corrected chi connectivity index (χ0v) is 38.3. The summed E-state index contributed by atoms with van der Waals surface area (Å²) in [6.07, 6.45) is 15.6. The van der Waals surface area contributed by atoms with E-state index in [1.165, 1.54) is 28.7 Å². The van der Waals surface area contributed by atoms with Gasteiger partial charge in [0.2, 0.25) is 0 Å². The van der Waals surface area contributed by atoms with Gasteiger partial charge < -0.3 is 20.3 Å². The molecular formula is C47H47Cl2N5O7S2. The third-order valence-corrected chi connectivity index (χ3v) is 13.0. The molecule has 6 aromatic rings. The lowest BCUT2D eigenvalue weighted by Crippen LogP contribution is -2.24. The number of allylic oxidation sites excluding steroid dienone is 1. The Balaban J connectivity index is 0.000000176. The molecule has 6 heterocycles. The first-order valence-electron chi connectivity index (χ1n) is 20.3. The molecule has 12 nitrogen and oxygen atoms in total. The summed E-state index contributed by atoms with van der Waals surface area (Å²) in [7, 11) is 0. The third kappa shape index (κ3) is 12.5. The summed E-state index contributed by atoms with van der Waals surface area (Å²) < 4.78 is 15.3. The van der Waals surface area contributed by atoms with Crippen LogP contribution >= 0.6 is 45.9 Å². The number of hydrogen-bond donors (Lipinski definition) is 2. The van der Waals surface area contributed by atoms with Crippen LogP contribution in [0.25, 0.3) is 33.0 Å². The number of carbonyl (C=O) groups excluding carboxylic acids is 3. The van der Waals surface area contributed by atoms with E-state index in [1.54, 1.807) is 49.3 Å². The van der Waals surface area contributed by atoms with Gasteiger partial charge in [0.25, 0.3) is 0 Å². The fourth-order valence-corrected chi connectivity index (χ4v) is 9.08. The topological polar surface area (TPSA) is 169 Å². The normalized spacial score (nSPS) is 14.9. The second-order valence-corrected chi connectivity index (χ2v) is 17.7. The fourth-order valence-electron chi connectivity index (χ4n) is 6.74. The van der Waals surface area contributed by atoms with E-state index >= 15 is 0 Å². The second kappa shape index (κ2) is 21.6. The Kier molecular flexibility index (Phi) is 16.1. The number of fused-ring (bicyclic) bond motifs is 2. The SMILES string of the molecule is CC(=O)c1ccc(-c2cc(Cl)c3c(c2)CC(CN)O3)s1.CCn1cc(/C=C/C(=O)CCC2Cc3cc(-c4ccc(C(C)=O)s4)cc(Cl)c3O2)cn1.CCn1cc(/C=C/C(=O)O)cn1. The van der Waals surface area contributed by atoms with Crippen molar-refractivity contribution in [1.82, 2.24) is 19.6 Å². The van der Waals surface area contributed by atoms with E-state index in [1.807, 2.05) is 61.1 Å². The highest BCUT2D eigenvalue weighted by atomic mass is 35.5. The molecule has 0 fully saturated rings. The molecular weight excluding hydrogens is 882 g/mol. The van der Waals surface area contributed by atoms with Crippen molar-refractivity contribution in [3.63, 3.8) is 0 Å². The summed E-state index contributed by atoms with van der Waals surface area (Å²) in [5, 5.41) is 17.7. The predicted octanol–water partition coefficient (Wildman–Crippen LogP) is 10.4. The number of halogens is 2. The maximum absolute atomic E-state index is 12.3. The summed E-state index contributed by atoms with van der Waals surface area (Å²) in [5.41, 5.74) is 11.5. The van der Waals surface area contributed by atoms with Gasteiger partial charge in [0.05, 0.1) is 32.2 Å². The number of ketones is 3. The van der Waals surface area contributed by atoms with Crippen molar-refractivity contribution in [2.45, 2.75) is 78.7 Å². The molecule has 0 aliphatic carbocycles. The Bertz CT molecular complexity index is 2680. The largest absolute Gasteiger partial charge is 0.488 e. The number of carbonyl (C=O) groups is 4. The zero-order chi connectivity index (χ0) is 45.2. The maximum atomic E-state index is 12.3. The van der Waals surface area contributed by atoms with Crippen LogP contribution in [0.2, 0.25) is 10.0 Å². The third-order valence-electron chi connectivity index (χ3n) is 9.99. The number of aliphatic carboxylic acids is 1. The molecule has 2 aliphatic heterocycles. The summed E-state index contributed by atoms with van der Waals surface area (Å²) in [5.74, 6) is 0.706. The lowest BCUT2D eigenvalue weighted by Gasteiger charge is -2.10. The highest BCUT2D eigenvalue weighted by molar-refractivity contribution is 7.17. The number of aromatic nitrogens is 4. The number of nitrogens with two attached hydrogens (primary N) is 1. The number of carboxylic acids is 1. The van der Waals surface area contributed by atoms with Crippen LogP contribution in [0.1, 0.15) is 82.1 Å². The second-order valence-electron chi connectivity index (χ2n) is 14.7. The average Bonchev–Trinajstić information content (AvgIpc) is 4.12. The number of hydrogen-bond acceptors (Lipinski definition) is 11. The standard InChI is InChI=1S/C24H23ClN2O3S.C15H14ClNO2S.C8H10N2O2/c1-3-27-14-16(13-26-27)4-5-19(29)6-7-20-11-18-10-17(12-21(25)24(18)30-20)23-9-8-22(31-23)15(2)28;1-8(18)13-2-3-14(20-13)9-4-10-5-11(7-17)19-15(10)12(16)6-9;1-2-10-6-7(5-9-10)3-4-8(11)12/h4-5,8-10,12-14,20H,3,6-7,11H2,1-2H3;2-4,6,11H,5,7,17H2,1H3;3-6H,2H2,1H3,(H,11,12)/b5-4+;;4-3+. The van der Waals surface area contributed by atoms with Crippen molar-refractivity contribution in [1.29, 1.82) is 0 Å². The Morgan fingerprint density at radius 3 is 1.67 bits per heavy atom. The minimum atomic E-state index is -0.945. The first-order chi connectivity index (χ1) is 30.2. The molecule has 3 N–H and O–H groups in total. The van der Waals surface area contributed by atoms with Crippen LogP contribution in [0.3, 0.4) is 0 Å². The monoisotopic (exact) mass is 927 g/mol. The molecule has 0 amide bonds. The van der Waals surface area contributed by atoms with Gasteiger partial charge in [0.15, 0.2) is 17.3 Å². The van der Waals surface area contributed by atoms with Gasteiger partial charge in [-0.2, -0.15) is 10.2 Å². The Hall–Kier alpha value is -5.64. The molecule has 0 saturated heterocycles. The van der Waals surface area contributed by atoms with Crippen molar-refractivity contribution in [2.24, 2.45) is 5.73 Å². The fraction of sp³-hybridized carbons (Fsp3) is 0.277. The van der Waals surface area contributed by atoms with Gasteiger partial charge in [0, 0.05) is 89.4 Å². The first-order valence-corrected chi connectivity index (χ1v) is 22.7. The highest BCUT2D eigenvalue weighted by Gasteiger charge is 2.27. The molecule has 4 aromatic heterocycles. The zero-order valence-electron chi connectivity index (χ0n) is 35.2. The average molecular weight is 929 g/mol. The van der Waals surface area contributed by atoms with Gasteiger partial charge in [0.1, 0.15) is 23.7 Å². The molecule has 2 aliphatic rings. The van der Waals surface area contributed by atoms with Crippen LogP contribution < -0.4 is 15.2 Å². The molecule has 2 unspecified atom stereocenters. The summed E-state index contributed by atoms with van der Waals surface area (Å²) >= 11 is 15.7. The Labute approximate surface area is 383 Å². The quantitative estimate of drug-likeness (QED) is 0.0792.